The van der Waals surface area contributed by atoms with Gasteiger partial charge in [0.25, 0.3) is 0 Å². The summed E-state index contributed by atoms with van der Waals surface area (Å²) in [4.78, 5) is 17.0. The van der Waals surface area contributed by atoms with Crippen LogP contribution in [-0.4, -0.2) is 15.3 Å². The lowest BCUT2D eigenvalue weighted by molar-refractivity contribution is 0.0896. The first-order chi connectivity index (χ1) is 8.96. The van der Waals surface area contributed by atoms with Crippen LogP contribution in [0.5, 0.6) is 0 Å². The van der Waals surface area contributed by atoms with Crippen LogP contribution in [0.15, 0.2) is 6.33 Å². The molecule has 0 unspecified atom stereocenters. The highest BCUT2D eigenvalue weighted by atomic mass is 16.1. The van der Waals surface area contributed by atoms with E-state index in [4.69, 9.17) is 0 Å². The van der Waals surface area contributed by atoms with Gasteiger partial charge in [-0.3, -0.25) is 4.79 Å². The summed E-state index contributed by atoms with van der Waals surface area (Å²) in [5.74, 6) is 1.13. The standard InChI is InChI=1S/C16H24N2O/c1-11-4-6-12(7-5-11)18-10-17-13-8-16(2,3)9-14(19)15(13)18/h10-12H,4-9H2,1-3H3. The molecule has 1 fully saturated rings. The quantitative estimate of drug-likeness (QED) is 0.770. The van der Waals surface area contributed by atoms with Gasteiger partial charge in [0, 0.05) is 12.5 Å². The highest BCUT2D eigenvalue weighted by Crippen LogP contribution is 2.38. The van der Waals surface area contributed by atoms with Crippen LogP contribution in [0.1, 0.15) is 75.1 Å². The largest absolute Gasteiger partial charge is 0.325 e. The van der Waals surface area contributed by atoms with E-state index in [-0.39, 0.29) is 5.41 Å². The Morgan fingerprint density at radius 1 is 1.21 bits per heavy atom. The number of carbonyl (C=O) groups excluding carboxylic acids is 1. The number of ketones is 1. The van der Waals surface area contributed by atoms with Crippen molar-refractivity contribution in [2.24, 2.45) is 11.3 Å². The van der Waals surface area contributed by atoms with E-state index in [0.29, 0.717) is 18.2 Å². The molecule has 3 heteroatoms. The Kier molecular flexibility index (Phi) is 3.03. The second-order valence-corrected chi connectivity index (χ2v) is 7.30. The second kappa shape index (κ2) is 4.46. The van der Waals surface area contributed by atoms with Gasteiger partial charge >= 0.3 is 0 Å². The predicted octanol–water partition coefficient (Wildman–Crippen LogP) is 3.79. The summed E-state index contributed by atoms with van der Waals surface area (Å²) in [6.07, 6.45) is 8.46. The molecule has 0 saturated heterocycles. The molecule has 0 N–H and O–H groups in total. The lowest BCUT2D eigenvalue weighted by Crippen LogP contribution is -2.29. The van der Waals surface area contributed by atoms with Gasteiger partial charge in [-0.05, 0) is 43.4 Å². The summed E-state index contributed by atoms with van der Waals surface area (Å²) >= 11 is 0. The molecule has 1 heterocycles. The van der Waals surface area contributed by atoms with Crippen molar-refractivity contribution in [1.29, 1.82) is 0 Å². The van der Waals surface area contributed by atoms with Crippen molar-refractivity contribution in [1.82, 2.24) is 9.55 Å². The minimum absolute atomic E-state index is 0.0738. The molecule has 0 radical (unpaired) electrons. The monoisotopic (exact) mass is 260 g/mol. The van der Waals surface area contributed by atoms with Crippen LogP contribution < -0.4 is 0 Å². The summed E-state index contributed by atoms with van der Waals surface area (Å²) in [6, 6.07) is 0.498. The molecule has 2 aliphatic rings. The number of Topliss-reactive ketones (excluding diaryl/α,β-unsaturated/α-hetero) is 1. The van der Waals surface area contributed by atoms with Crippen LogP contribution in [-0.2, 0) is 6.42 Å². The number of imidazole rings is 1. The third kappa shape index (κ3) is 2.35. The molecule has 0 spiro atoms. The molecule has 0 amide bonds. The minimum atomic E-state index is 0.0738. The summed E-state index contributed by atoms with van der Waals surface area (Å²) < 4.78 is 2.19. The van der Waals surface area contributed by atoms with Gasteiger partial charge in [0.05, 0.1) is 12.0 Å². The maximum Gasteiger partial charge on any atom is 0.181 e. The number of nitrogens with zero attached hydrogens (tertiary/aromatic N) is 2. The van der Waals surface area contributed by atoms with Gasteiger partial charge in [-0.2, -0.15) is 0 Å². The molecule has 1 saturated carbocycles. The molecule has 3 nitrogen and oxygen atoms in total. The molecule has 19 heavy (non-hydrogen) atoms. The third-order valence-electron chi connectivity index (χ3n) is 4.80. The molecule has 0 bridgehead atoms. The molecule has 1 aromatic rings. The smallest absolute Gasteiger partial charge is 0.181 e. The first kappa shape index (κ1) is 12.9. The van der Waals surface area contributed by atoms with Crippen LogP contribution in [0.2, 0.25) is 0 Å². The number of hydrogen-bond donors (Lipinski definition) is 0. The highest BCUT2D eigenvalue weighted by molar-refractivity contribution is 5.97. The van der Waals surface area contributed by atoms with Crippen molar-refractivity contribution >= 4 is 5.78 Å². The molecule has 104 valence electrons. The Bertz CT molecular complexity index is 493. The molecular weight excluding hydrogens is 236 g/mol. The fourth-order valence-electron chi connectivity index (χ4n) is 3.67. The molecule has 3 rings (SSSR count). The van der Waals surface area contributed by atoms with Crippen LogP contribution in [0.25, 0.3) is 0 Å². The van der Waals surface area contributed by atoms with Gasteiger partial charge in [-0.25, -0.2) is 4.98 Å². The maximum atomic E-state index is 12.4. The average Bonchev–Trinajstić information content (AvgIpc) is 2.72. The van der Waals surface area contributed by atoms with E-state index in [9.17, 15) is 4.79 Å². The van der Waals surface area contributed by atoms with E-state index in [1.165, 1.54) is 25.7 Å². The molecular formula is C16H24N2O. The predicted molar refractivity (Wildman–Crippen MR) is 75.3 cm³/mol. The second-order valence-electron chi connectivity index (χ2n) is 7.30. The van der Waals surface area contributed by atoms with Crippen molar-refractivity contribution in [3.63, 3.8) is 0 Å². The van der Waals surface area contributed by atoms with E-state index in [1.54, 1.807) is 0 Å². The van der Waals surface area contributed by atoms with Crippen molar-refractivity contribution in [3.8, 4) is 0 Å². The fraction of sp³-hybridized carbons (Fsp3) is 0.750. The Morgan fingerprint density at radius 2 is 1.89 bits per heavy atom. The lowest BCUT2D eigenvalue weighted by atomic mass is 9.77. The van der Waals surface area contributed by atoms with Gasteiger partial charge in [0.1, 0.15) is 5.69 Å². The maximum absolute atomic E-state index is 12.4. The summed E-state index contributed by atoms with van der Waals surface area (Å²) in [5, 5.41) is 0. The van der Waals surface area contributed by atoms with Crippen molar-refractivity contribution < 1.29 is 4.79 Å². The van der Waals surface area contributed by atoms with E-state index < -0.39 is 0 Å². The zero-order chi connectivity index (χ0) is 13.6. The zero-order valence-corrected chi connectivity index (χ0v) is 12.3. The number of fused-ring (bicyclic) bond motifs is 1. The van der Waals surface area contributed by atoms with E-state index in [1.807, 2.05) is 6.33 Å². The van der Waals surface area contributed by atoms with E-state index in [2.05, 4.69) is 30.3 Å². The SMILES string of the molecule is CC1CCC(n2cnc3c2C(=O)CC(C)(C)C3)CC1. The Balaban J connectivity index is 1.90. The van der Waals surface area contributed by atoms with Crippen LogP contribution in [0, 0.1) is 11.3 Å². The number of carbonyl (C=O) groups is 1. The van der Waals surface area contributed by atoms with Gasteiger partial charge in [-0.1, -0.05) is 20.8 Å². The molecule has 1 aromatic heterocycles. The normalized spacial score (nSPS) is 30.2. The van der Waals surface area contributed by atoms with Gasteiger partial charge < -0.3 is 4.57 Å². The number of hydrogen-bond acceptors (Lipinski definition) is 2. The lowest BCUT2D eigenvalue weighted by Gasteiger charge is -2.31. The Labute approximate surface area is 115 Å². The van der Waals surface area contributed by atoms with Crippen LogP contribution in [0.3, 0.4) is 0 Å². The van der Waals surface area contributed by atoms with Crippen LogP contribution >= 0.6 is 0 Å². The van der Waals surface area contributed by atoms with Crippen LogP contribution in [0.4, 0.5) is 0 Å². The van der Waals surface area contributed by atoms with E-state index >= 15 is 0 Å². The molecule has 2 aliphatic carbocycles. The third-order valence-corrected chi connectivity index (χ3v) is 4.80. The Morgan fingerprint density at radius 3 is 2.58 bits per heavy atom. The summed E-state index contributed by atoms with van der Waals surface area (Å²) in [7, 11) is 0. The number of aromatic nitrogens is 2. The van der Waals surface area contributed by atoms with E-state index in [0.717, 1.165) is 23.7 Å². The first-order valence-corrected chi connectivity index (χ1v) is 7.55. The highest BCUT2D eigenvalue weighted by Gasteiger charge is 2.35. The Hall–Kier alpha value is -1.12. The topological polar surface area (TPSA) is 34.9 Å². The summed E-state index contributed by atoms with van der Waals surface area (Å²) in [5.41, 5.74) is 2.02. The fourth-order valence-corrected chi connectivity index (χ4v) is 3.67. The van der Waals surface area contributed by atoms with Crippen molar-refractivity contribution in [2.45, 2.75) is 65.3 Å². The summed E-state index contributed by atoms with van der Waals surface area (Å²) in [6.45, 7) is 6.65. The van der Waals surface area contributed by atoms with Gasteiger partial charge in [0.15, 0.2) is 5.78 Å². The zero-order valence-electron chi connectivity index (χ0n) is 12.3. The molecule has 0 aliphatic heterocycles. The van der Waals surface area contributed by atoms with Gasteiger partial charge in [0.2, 0.25) is 0 Å². The van der Waals surface area contributed by atoms with Gasteiger partial charge in [-0.15, -0.1) is 0 Å². The number of rotatable bonds is 1. The molecule has 0 atom stereocenters. The minimum Gasteiger partial charge on any atom is -0.325 e. The first-order valence-electron chi connectivity index (χ1n) is 7.55. The van der Waals surface area contributed by atoms with Crippen molar-refractivity contribution in [2.75, 3.05) is 0 Å². The van der Waals surface area contributed by atoms with Crippen molar-refractivity contribution in [3.05, 3.63) is 17.7 Å². The average molecular weight is 260 g/mol. The molecule has 0 aromatic carbocycles.